The molecule has 1 heterocycles. The van der Waals surface area contributed by atoms with E-state index in [1.165, 1.54) is 7.11 Å². The highest BCUT2D eigenvalue weighted by Gasteiger charge is 2.36. The minimum atomic E-state index is -0.371. The first-order chi connectivity index (χ1) is 14.6. The van der Waals surface area contributed by atoms with Crippen molar-refractivity contribution in [2.45, 2.75) is 6.54 Å². The highest BCUT2D eigenvalue weighted by Crippen LogP contribution is 2.28. The van der Waals surface area contributed by atoms with E-state index in [4.69, 9.17) is 4.74 Å². The Kier molecular flexibility index (Phi) is 5.17. The van der Waals surface area contributed by atoms with E-state index in [1.54, 1.807) is 66.7 Å². The summed E-state index contributed by atoms with van der Waals surface area (Å²) in [5, 5.41) is 5.50. The number of nitrogens with one attached hydrogen (secondary N) is 2. The van der Waals surface area contributed by atoms with Gasteiger partial charge >= 0.3 is 6.03 Å². The van der Waals surface area contributed by atoms with E-state index >= 15 is 0 Å². The third-order valence-electron chi connectivity index (χ3n) is 4.80. The number of carbonyl (C=O) groups is 3. The normalized spacial score (nSPS) is 12.5. The number of anilines is 2. The topological polar surface area (TPSA) is 87.7 Å². The van der Waals surface area contributed by atoms with Crippen LogP contribution in [0.1, 0.15) is 26.3 Å². The average Bonchev–Trinajstić information content (AvgIpc) is 3.03. The lowest BCUT2D eigenvalue weighted by molar-refractivity contribution is 0.0926. The first-order valence-electron chi connectivity index (χ1n) is 9.33. The van der Waals surface area contributed by atoms with Crippen LogP contribution in [0.5, 0.6) is 5.75 Å². The first-order valence-corrected chi connectivity index (χ1v) is 9.33. The molecule has 4 rings (SSSR count). The average molecular weight is 401 g/mol. The standard InChI is InChI=1S/C23H19N3O4/c1-30-20-9-5-4-8-19(20)25-23(29)24-14-15-10-12-16(13-11-15)26-21(27)17-6-2-3-7-18(17)22(26)28/h2-13H,14H2,1H3,(H2,24,25,29). The molecule has 0 aromatic heterocycles. The second kappa shape index (κ2) is 8.08. The van der Waals surface area contributed by atoms with Gasteiger partial charge in [-0.25, -0.2) is 9.69 Å². The molecule has 0 aliphatic carbocycles. The van der Waals surface area contributed by atoms with Gasteiger partial charge in [-0.15, -0.1) is 0 Å². The van der Waals surface area contributed by atoms with Crippen molar-refractivity contribution in [3.8, 4) is 5.75 Å². The van der Waals surface area contributed by atoms with Gasteiger partial charge in [-0.05, 0) is 42.0 Å². The van der Waals surface area contributed by atoms with E-state index in [0.29, 0.717) is 28.3 Å². The van der Waals surface area contributed by atoms with E-state index in [1.807, 2.05) is 6.07 Å². The van der Waals surface area contributed by atoms with E-state index in [0.717, 1.165) is 10.5 Å². The molecule has 0 spiro atoms. The summed E-state index contributed by atoms with van der Waals surface area (Å²) in [6, 6.07) is 20.4. The molecule has 1 aliphatic heterocycles. The van der Waals surface area contributed by atoms with Crippen LogP contribution in [0.4, 0.5) is 16.2 Å². The molecule has 7 heteroatoms. The summed E-state index contributed by atoms with van der Waals surface area (Å²) in [5.74, 6) is -0.103. The van der Waals surface area contributed by atoms with Crippen molar-refractivity contribution in [3.05, 3.63) is 89.5 Å². The van der Waals surface area contributed by atoms with Crippen molar-refractivity contribution in [2.24, 2.45) is 0 Å². The maximum Gasteiger partial charge on any atom is 0.319 e. The molecule has 0 fully saturated rings. The maximum absolute atomic E-state index is 12.6. The molecule has 0 saturated heterocycles. The highest BCUT2D eigenvalue weighted by atomic mass is 16.5. The van der Waals surface area contributed by atoms with Crippen molar-refractivity contribution < 1.29 is 19.1 Å². The van der Waals surface area contributed by atoms with E-state index in [2.05, 4.69) is 10.6 Å². The Hall–Kier alpha value is -4.13. The summed E-state index contributed by atoms with van der Waals surface area (Å²) in [7, 11) is 1.54. The number of methoxy groups -OCH3 is 1. The minimum Gasteiger partial charge on any atom is -0.495 e. The predicted octanol–water partition coefficient (Wildman–Crippen LogP) is 3.82. The van der Waals surface area contributed by atoms with Crippen LogP contribution in [0.2, 0.25) is 0 Å². The number of ether oxygens (including phenoxy) is 1. The van der Waals surface area contributed by atoms with Gasteiger partial charge in [0.15, 0.2) is 0 Å². The van der Waals surface area contributed by atoms with E-state index < -0.39 is 0 Å². The Morgan fingerprint density at radius 3 is 2.10 bits per heavy atom. The molecule has 4 amide bonds. The number of hydrogen-bond acceptors (Lipinski definition) is 4. The van der Waals surface area contributed by atoms with Gasteiger partial charge in [0.1, 0.15) is 5.75 Å². The van der Waals surface area contributed by atoms with Crippen LogP contribution in [0.15, 0.2) is 72.8 Å². The molecule has 0 radical (unpaired) electrons. The second-order valence-electron chi connectivity index (χ2n) is 6.67. The fourth-order valence-corrected chi connectivity index (χ4v) is 3.28. The monoisotopic (exact) mass is 401 g/mol. The summed E-state index contributed by atoms with van der Waals surface area (Å²) in [4.78, 5) is 38.5. The zero-order chi connectivity index (χ0) is 21.1. The number of para-hydroxylation sites is 2. The summed E-state index contributed by atoms with van der Waals surface area (Å²) < 4.78 is 5.21. The maximum atomic E-state index is 12.6. The van der Waals surface area contributed by atoms with E-state index in [-0.39, 0.29) is 24.4 Å². The Bertz CT molecular complexity index is 1090. The molecule has 3 aromatic carbocycles. The fourth-order valence-electron chi connectivity index (χ4n) is 3.28. The molecule has 7 nitrogen and oxygen atoms in total. The number of urea groups is 1. The number of fused-ring (bicyclic) bond motifs is 1. The van der Waals surface area contributed by atoms with Gasteiger partial charge in [0.05, 0.1) is 29.6 Å². The van der Waals surface area contributed by atoms with Gasteiger partial charge in [-0.2, -0.15) is 0 Å². The molecular weight excluding hydrogens is 382 g/mol. The molecule has 1 aliphatic rings. The molecule has 150 valence electrons. The predicted molar refractivity (Wildman–Crippen MR) is 113 cm³/mol. The number of hydrogen-bond donors (Lipinski definition) is 2. The van der Waals surface area contributed by atoms with Crippen molar-refractivity contribution in [2.75, 3.05) is 17.3 Å². The lowest BCUT2D eigenvalue weighted by Gasteiger charge is -2.15. The van der Waals surface area contributed by atoms with E-state index in [9.17, 15) is 14.4 Å². The number of rotatable bonds is 5. The Morgan fingerprint density at radius 1 is 0.867 bits per heavy atom. The Labute approximate surface area is 173 Å². The van der Waals surface area contributed by atoms with Crippen molar-refractivity contribution in [1.29, 1.82) is 0 Å². The Morgan fingerprint density at radius 2 is 1.47 bits per heavy atom. The van der Waals surface area contributed by atoms with Crippen LogP contribution in [-0.4, -0.2) is 25.0 Å². The molecule has 0 saturated carbocycles. The summed E-state index contributed by atoms with van der Waals surface area (Å²) >= 11 is 0. The smallest absolute Gasteiger partial charge is 0.319 e. The van der Waals surface area contributed by atoms with Crippen LogP contribution < -0.4 is 20.3 Å². The van der Waals surface area contributed by atoms with Crippen LogP contribution >= 0.6 is 0 Å². The van der Waals surface area contributed by atoms with Gasteiger partial charge in [-0.1, -0.05) is 36.4 Å². The molecular formula is C23H19N3O4. The third-order valence-corrected chi connectivity index (χ3v) is 4.80. The molecule has 0 unspecified atom stereocenters. The van der Waals surface area contributed by atoms with Crippen LogP contribution in [0.25, 0.3) is 0 Å². The van der Waals surface area contributed by atoms with Crippen molar-refractivity contribution in [1.82, 2.24) is 5.32 Å². The van der Waals surface area contributed by atoms with Gasteiger partial charge in [0.25, 0.3) is 11.8 Å². The zero-order valence-corrected chi connectivity index (χ0v) is 16.2. The fraction of sp³-hybridized carbons (Fsp3) is 0.0870. The number of amides is 4. The highest BCUT2D eigenvalue weighted by molar-refractivity contribution is 6.34. The van der Waals surface area contributed by atoms with Crippen LogP contribution in [0, 0.1) is 0 Å². The molecule has 3 aromatic rings. The van der Waals surface area contributed by atoms with Gasteiger partial charge in [-0.3, -0.25) is 9.59 Å². The van der Waals surface area contributed by atoms with Crippen molar-refractivity contribution in [3.63, 3.8) is 0 Å². The SMILES string of the molecule is COc1ccccc1NC(=O)NCc1ccc(N2C(=O)c3ccccc3C2=O)cc1. The largest absolute Gasteiger partial charge is 0.495 e. The summed E-state index contributed by atoms with van der Waals surface area (Å²) in [6.45, 7) is 0.281. The number of nitrogens with zero attached hydrogens (tertiary/aromatic N) is 1. The lowest BCUT2D eigenvalue weighted by Crippen LogP contribution is -2.29. The number of carbonyl (C=O) groups excluding carboxylic acids is 3. The third kappa shape index (κ3) is 3.60. The Balaban J connectivity index is 1.39. The summed E-state index contributed by atoms with van der Waals surface area (Å²) in [5.41, 5.74) is 2.69. The molecule has 2 N–H and O–H groups in total. The first kappa shape index (κ1) is 19.2. The lowest BCUT2D eigenvalue weighted by atomic mass is 10.1. The molecule has 0 atom stereocenters. The van der Waals surface area contributed by atoms with Crippen LogP contribution in [0.3, 0.4) is 0 Å². The van der Waals surface area contributed by atoms with Gasteiger partial charge in [0.2, 0.25) is 0 Å². The number of imide groups is 1. The van der Waals surface area contributed by atoms with Crippen molar-refractivity contribution >= 4 is 29.2 Å². The zero-order valence-electron chi connectivity index (χ0n) is 16.2. The van der Waals surface area contributed by atoms with Crippen LogP contribution in [-0.2, 0) is 6.54 Å². The van der Waals surface area contributed by atoms with Gasteiger partial charge < -0.3 is 15.4 Å². The minimum absolute atomic E-state index is 0.281. The van der Waals surface area contributed by atoms with Gasteiger partial charge in [0, 0.05) is 6.54 Å². The quantitative estimate of drug-likeness (QED) is 0.637. The summed E-state index contributed by atoms with van der Waals surface area (Å²) in [6.07, 6.45) is 0. The molecule has 0 bridgehead atoms. The molecule has 30 heavy (non-hydrogen) atoms. The number of benzene rings is 3. The second-order valence-corrected chi connectivity index (χ2v) is 6.67.